The van der Waals surface area contributed by atoms with E-state index < -0.39 is 23.9 Å². The second-order valence-electron chi connectivity index (χ2n) is 4.69. The van der Waals surface area contributed by atoms with Crippen LogP contribution in [0, 0.1) is 0 Å². The van der Waals surface area contributed by atoms with Gasteiger partial charge in [-0.1, -0.05) is 12.8 Å². The first kappa shape index (κ1) is 17.3. The van der Waals surface area contributed by atoms with Crippen LogP contribution in [-0.4, -0.2) is 53.0 Å². The predicted molar refractivity (Wildman–Crippen MR) is 76.9 cm³/mol. The number of carbonyl (C=O) groups is 4. The molecule has 0 aromatic heterocycles. The molecule has 1 aliphatic carbocycles. The molecule has 0 saturated heterocycles. The van der Waals surface area contributed by atoms with Crippen molar-refractivity contribution in [2.24, 2.45) is 0 Å². The number of nitrogens with one attached hydrogen (secondary N) is 3. The van der Waals surface area contributed by atoms with Crippen molar-refractivity contribution < 1.29 is 24.3 Å². The zero-order valence-electron chi connectivity index (χ0n) is 11.5. The number of carbonyl (C=O) groups excluding carboxylic acids is 3. The summed E-state index contributed by atoms with van der Waals surface area (Å²) in [6.07, 6.45) is 4.31. The van der Waals surface area contributed by atoms with Gasteiger partial charge in [-0.25, -0.2) is 9.59 Å². The van der Waals surface area contributed by atoms with Crippen LogP contribution in [0.4, 0.5) is 4.79 Å². The Bertz CT molecular complexity index is 398. The molecule has 0 aromatic rings. The van der Waals surface area contributed by atoms with Gasteiger partial charge in [0.1, 0.15) is 6.04 Å². The Morgan fingerprint density at radius 3 is 2.52 bits per heavy atom. The monoisotopic (exact) mass is 317 g/mol. The Morgan fingerprint density at radius 2 is 1.95 bits per heavy atom. The molecule has 1 rings (SSSR count). The minimum atomic E-state index is -1.17. The number of carboxylic acids is 1. The number of carboxylic acid groups (broad SMARTS) is 1. The van der Waals surface area contributed by atoms with Crippen LogP contribution in [-0.2, 0) is 14.4 Å². The van der Waals surface area contributed by atoms with Crippen molar-refractivity contribution in [3.63, 3.8) is 0 Å². The number of aliphatic carboxylic acids is 1. The summed E-state index contributed by atoms with van der Waals surface area (Å²) in [5, 5.41) is 15.8. The third kappa shape index (κ3) is 6.98. The van der Waals surface area contributed by atoms with Gasteiger partial charge in [-0.3, -0.25) is 14.9 Å². The highest BCUT2D eigenvalue weighted by Crippen LogP contribution is 2.17. The number of amides is 4. The molecule has 0 heterocycles. The van der Waals surface area contributed by atoms with Crippen molar-refractivity contribution in [2.45, 2.75) is 37.8 Å². The maximum absolute atomic E-state index is 11.5. The molecule has 4 amide bonds. The Balaban J connectivity index is 2.19. The fraction of sp³-hybridized carbons (Fsp3) is 0.667. The van der Waals surface area contributed by atoms with Crippen molar-refractivity contribution >= 4 is 36.1 Å². The first-order valence-electron chi connectivity index (χ1n) is 6.63. The smallest absolute Gasteiger partial charge is 0.327 e. The van der Waals surface area contributed by atoms with E-state index in [2.05, 4.69) is 16.0 Å². The first-order chi connectivity index (χ1) is 10.0. The lowest BCUT2D eigenvalue weighted by Crippen LogP contribution is -2.44. The summed E-state index contributed by atoms with van der Waals surface area (Å²) < 4.78 is 0. The van der Waals surface area contributed by atoms with Crippen molar-refractivity contribution in [3.05, 3.63) is 0 Å². The molecular weight excluding hydrogens is 298 g/mol. The van der Waals surface area contributed by atoms with Gasteiger partial charge in [-0.15, -0.1) is 11.8 Å². The minimum Gasteiger partial charge on any atom is -0.480 e. The van der Waals surface area contributed by atoms with Crippen molar-refractivity contribution in [1.82, 2.24) is 16.0 Å². The van der Waals surface area contributed by atoms with Crippen molar-refractivity contribution in [2.75, 3.05) is 11.5 Å². The molecule has 0 aliphatic heterocycles. The summed E-state index contributed by atoms with van der Waals surface area (Å²) in [7, 11) is 0. The Morgan fingerprint density at radius 1 is 1.29 bits per heavy atom. The van der Waals surface area contributed by atoms with Gasteiger partial charge in [-0.2, -0.15) is 0 Å². The molecule has 4 N–H and O–H groups in total. The maximum Gasteiger partial charge on any atom is 0.327 e. The van der Waals surface area contributed by atoms with Crippen LogP contribution in [0.25, 0.3) is 0 Å². The fourth-order valence-corrected chi connectivity index (χ4v) is 2.85. The zero-order valence-corrected chi connectivity index (χ0v) is 12.3. The number of urea groups is 1. The average molecular weight is 317 g/mol. The summed E-state index contributed by atoms with van der Waals surface area (Å²) in [5.74, 6) is -1.67. The topological polar surface area (TPSA) is 125 Å². The van der Waals surface area contributed by atoms with Gasteiger partial charge in [-0.05, 0) is 12.8 Å². The summed E-state index contributed by atoms with van der Waals surface area (Å²) in [6.45, 7) is 0. The largest absolute Gasteiger partial charge is 0.480 e. The third-order valence-electron chi connectivity index (χ3n) is 3.03. The van der Waals surface area contributed by atoms with Crippen LogP contribution in [0.3, 0.4) is 0 Å². The number of thioether (sulfide) groups is 1. The normalized spacial score (nSPS) is 16.0. The van der Waals surface area contributed by atoms with E-state index >= 15 is 0 Å². The van der Waals surface area contributed by atoms with Crippen molar-refractivity contribution in [1.29, 1.82) is 0 Å². The first-order valence-corrected chi connectivity index (χ1v) is 7.79. The summed E-state index contributed by atoms with van der Waals surface area (Å²) in [6, 6.07) is -1.44. The van der Waals surface area contributed by atoms with Gasteiger partial charge in [0.25, 0.3) is 0 Å². The molecular formula is C12H19N3O5S. The molecule has 8 nitrogen and oxygen atoms in total. The molecule has 118 valence electrons. The van der Waals surface area contributed by atoms with E-state index in [1.54, 1.807) is 0 Å². The van der Waals surface area contributed by atoms with Crippen LogP contribution in [0.2, 0.25) is 0 Å². The van der Waals surface area contributed by atoms with E-state index in [0.29, 0.717) is 6.41 Å². The molecule has 1 atom stereocenters. The molecule has 21 heavy (non-hydrogen) atoms. The molecule has 1 fully saturated rings. The number of imide groups is 1. The van der Waals surface area contributed by atoms with E-state index in [1.165, 1.54) is 0 Å². The highest BCUT2D eigenvalue weighted by molar-refractivity contribution is 8.00. The van der Waals surface area contributed by atoms with Gasteiger partial charge >= 0.3 is 12.0 Å². The van der Waals surface area contributed by atoms with Crippen LogP contribution in [0.5, 0.6) is 0 Å². The van der Waals surface area contributed by atoms with E-state index in [9.17, 15) is 19.2 Å². The van der Waals surface area contributed by atoms with Crippen LogP contribution >= 0.6 is 11.8 Å². The highest BCUT2D eigenvalue weighted by atomic mass is 32.2. The fourth-order valence-electron chi connectivity index (χ4n) is 2.00. The second-order valence-corrected chi connectivity index (χ2v) is 5.72. The Kier molecular flexibility index (Phi) is 7.59. The molecule has 9 heteroatoms. The number of hydrogen-bond donors (Lipinski definition) is 4. The lowest BCUT2D eigenvalue weighted by atomic mass is 10.2. The van der Waals surface area contributed by atoms with Gasteiger partial charge in [0.2, 0.25) is 12.3 Å². The predicted octanol–water partition coefficient (Wildman–Crippen LogP) is -0.313. The Labute approximate surface area is 126 Å². The summed E-state index contributed by atoms with van der Waals surface area (Å²) in [5.41, 5.74) is 0. The van der Waals surface area contributed by atoms with Crippen molar-refractivity contribution in [3.8, 4) is 0 Å². The van der Waals surface area contributed by atoms with E-state index in [1.807, 2.05) is 0 Å². The lowest BCUT2D eigenvalue weighted by molar-refractivity contribution is -0.139. The molecule has 0 bridgehead atoms. The summed E-state index contributed by atoms with van der Waals surface area (Å²) in [4.78, 5) is 44.0. The van der Waals surface area contributed by atoms with Crippen LogP contribution in [0.15, 0.2) is 0 Å². The summed E-state index contributed by atoms with van der Waals surface area (Å²) >= 11 is 1.03. The van der Waals surface area contributed by atoms with E-state index in [-0.39, 0.29) is 17.5 Å². The molecule has 1 saturated carbocycles. The molecule has 0 aromatic carbocycles. The number of hydrogen-bond acceptors (Lipinski definition) is 5. The third-order valence-corrected chi connectivity index (χ3v) is 4.06. The minimum absolute atomic E-state index is 0.0474. The standard InChI is InChI=1S/C12H19N3O5S/c16-7-13-9(11(18)19)5-21-6-10(17)15-12(20)14-8-3-1-2-4-8/h7-9H,1-6H2,(H,13,16)(H,18,19)(H2,14,15,17,20). The van der Waals surface area contributed by atoms with Gasteiger partial charge in [0, 0.05) is 11.8 Å². The SMILES string of the molecule is O=CNC(CSCC(=O)NC(=O)NC1CCCC1)C(=O)O. The van der Waals surface area contributed by atoms with E-state index in [0.717, 1.165) is 37.4 Å². The Hall–Kier alpha value is -1.77. The lowest BCUT2D eigenvalue weighted by Gasteiger charge is -2.13. The molecule has 0 spiro atoms. The zero-order chi connectivity index (χ0) is 15.7. The van der Waals surface area contributed by atoms with Gasteiger partial charge in [0.05, 0.1) is 5.75 Å². The van der Waals surface area contributed by atoms with Gasteiger partial charge in [0.15, 0.2) is 0 Å². The highest BCUT2D eigenvalue weighted by Gasteiger charge is 2.19. The molecule has 0 radical (unpaired) electrons. The quantitative estimate of drug-likeness (QED) is 0.455. The van der Waals surface area contributed by atoms with Crippen LogP contribution in [0.1, 0.15) is 25.7 Å². The maximum atomic E-state index is 11.5. The molecule has 1 unspecified atom stereocenters. The number of rotatable bonds is 8. The average Bonchev–Trinajstić information content (AvgIpc) is 2.90. The van der Waals surface area contributed by atoms with E-state index in [4.69, 9.17) is 5.11 Å². The van der Waals surface area contributed by atoms with Gasteiger partial charge < -0.3 is 15.7 Å². The molecule has 1 aliphatic rings. The second kappa shape index (κ2) is 9.22. The van der Waals surface area contributed by atoms with Crippen LogP contribution < -0.4 is 16.0 Å².